The summed E-state index contributed by atoms with van der Waals surface area (Å²) in [7, 11) is 0. The van der Waals surface area contributed by atoms with E-state index in [0.29, 0.717) is 29.0 Å². The number of carbonyl (C=O) groups is 1. The van der Waals surface area contributed by atoms with Gasteiger partial charge < -0.3 is 24.5 Å². The van der Waals surface area contributed by atoms with E-state index in [4.69, 9.17) is 9.52 Å². The highest BCUT2D eigenvalue weighted by molar-refractivity contribution is 7.16. The highest BCUT2D eigenvalue weighted by Crippen LogP contribution is 2.41. The van der Waals surface area contributed by atoms with Gasteiger partial charge in [0.25, 0.3) is 6.01 Å². The van der Waals surface area contributed by atoms with Crippen LogP contribution in [0.5, 0.6) is 5.88 Å². The van der Waals surface area contributed by atoms with E-state index in [1.165, 1.54) is 23.6 Å². The number of alkyl halides is 2. The van der Waals surface area contributed by atoms with Crippen molar-refractivity contribution in [2.24, 2.45) is 0 Å². The van der Waals surface area contributed by atoms with Crippen molar-refractivity contribution in [3.63, 3.8) is 0 Å². The van der Waals surface area contributed by atoms with Crippen LogP contribution in [0.2, 0.25) is 0 Å². The molecule has 1 aliphatic rings. The summed E-state index contributed by atoms with van der Waals surface area (Å²) < 4.78 is 35.3. The number of nitrogens with zero attached hydrogens (tertiary/aromatic N) is 4. The Morgan fingerprint density at radius 2 is 2.18 bits per heavy atom. The van der Waals surface area contributed by atoms with E-state index in [1.807, 2.05) is 18.7 Å². The number of oxazole rings is 1. The van der Waals surface area contributed by atoms with Crippen LogP contribution in [0.3, 0.4) is 0 Å². The van der Waals surface area contributed by atoms with Crippen LogP contribution in [0.4, 0.5) is 24.7 Å². The van der Waals surface area contributed by atoms with Crippen LogP contribution in [0.15, 0.2) is 28.8 Å². The molecule has 3 aromatic heterocycles. The molecule has 34 heavy (non-hydrogen) atoms. The Hall–Kier alpha value is -3.32. The fourth-order valence-corrected chi connectivity index (χ4v) is 4.78. The number of aromatic nitrogens is 3. The number of amides is 2. The number of nitrogens with one attached hydrogen (secondary N) is 2. The Morgan fingerprint density at radius 3 is 2.91 bits per heavy atom. The third kappa shape index (κ3) is 5.09. The van der Waals surface area contributed by atoms with E-state index in [0.717, 1.165) is 10.6 Å². The van der Waals surface area contributed by atoms with E-state index in [1.54, 1.807) is 19.1 Å². The number of aliphatic hydroxyl groups is 1. The van der Waals surface area contributed by atoms with Crippen molar-refractivity contribution in [2.45, 2.75) is 51.9 Å². The van der Waals surface area contributed by atoms with Gasteiger partial charge in [-0.2, -0.15) is 8.78 Å². The first kappa shape index (κ1) is 23.8. The predicted octanol–water partition coefficient (Wildman–Crippen LogP) is 3.81. The van der Waals surface area contributed by atoms with E-state index in [2.05, 4.69) is 30.3 Å². The molecule has 3 aromatic rings. The molecule has 13 heteroatoms. The maximum Gasteiger partial charge on any atom is 0.388 e. The quantitative estimate of drug-likeness (QED) is 0.453. The molecule has 0 aromatic carbocycles. The average Bonchev–Trinajstić information content (AvgIpc) is 3.40. The lowest BCUT2D eigenvalue weighted by atomic mass is 10.0. The molecule has 3 N–H and O–H groups in total. The van der Waals surface area contributed by atoms with Crippen LogP contribution in [-0.2, 0) is 6.42 Å². The van der Waals surface area contributed by atoms with Crippen LogP contribution in [0.1, 0.15) is 37.4 Å². The molecule has 0 aliphatic carbocycles. The summed E-state index contributed by atoms with van der Waals surface area (Å²) in [4.78, 5) is 28.1. The lowest BCUT2D eigenvalue weighted by molar-refractivity contribution is -0.0527. The molecule has 0 spiro atoms. The molecule has 4 rings (SSSR count). The number of urea groups is 1. The predicted molar refractivity (Wildman–Crippen MR) is 121 cm³/mol. The number of fused-ring (bicyclic) bond motifs is 1. The smallest absolute Gasteiger partial charge is 0.388 e. The minimum atomic E-state index is -2.97. The zero-order chi connectivity index (χ0) is 24.4. The SMILES string of the molecule is C[C@@H]1Cc2nc(NC(=O)N[C@@H](C)CO)sc2[C@H](C)N1c1ncc(-c2cccc(OC(F)F)n2)o1. The molecule has 1 aliphatic heterocycles. The first-order chi connectivity index (χ1) is 16.2. The minimum Gasteiger partial charge on any atom is -0.422 e. The molecule has 0 saturated carbocycles. The van der Waals surface area contributed by atoms with Crippen molar-refractivity contribution >= 4 is 28.5 Å². The van der Waals surface area contributed by atoms with Crippen LogP contribution in [0.25, 0.3) is 11.5 Å². The number of rotatable bonds is 7. The lowest BCUT2D eigenvalue weighted by Crippen LogP contribution is -2.40. The Morgan fingerprint density at radius 1 is 1.38 bits per heavy atom. The summed E-state index contributed by atoms with van der Waals surface area (Å²) in [6.45, 7) is 2.56. The molecule has 10 nitrogen and oxygen atoms in total. The number of halogens is 2. The molecule has 0 saturated heterocycles. The third-order valence-corrected chi connectivity index (χ3v) is 6.44. The number of anilines is 2. The van der Waals surface area contributed by atoms with E-state index in [9.17, 15) is 13.6 Å². The fraction of sp³-hybridized carbons (Fsp3) is 0.429. The molecule has 4 heterocycles. The Kier molecular flexibility index (Phi) is 6.93. The molecule has 0 bridgehead atoms. The molecule has 182 valence electrons. The summed E-state index contributed by atoms with van der Waals surface area (Å²) in [5.41, 5.74) is 1.21. The minimum absolute atomic E-state index is 0.00588. The van der Waals surface area contributed by atoms with Gasteiger partial charge in [0.2, 0.25) is 5.88 Å². The van der Waals surface area contributed by atoms with Gasteiger partial charge in [-0.1, -0.05) is 17.4 Å². The largest absolute Gasteiger partial charge is 0.422 e. The van der Waals surface area contributed by atoms with Gasteiger partial charge in [0, 0.05) is 18.5 Å². The number of hydrogen-bond acceptors (Lipinski definition) is 9. The molecular weight excluding hydrogens is 470 g/mol. The number of aliphatic hydroxyl groups excluding tert-OH is 1. The van der Waals surface area contributed by atoms with Gasteiger partial charge in [-0.05, 0) is 26.8 Å². The molecule has 0 fully saturated rings. The van der Waals surface area contributed by atoms with E-state index >= 15 is 0 Å². The summed E-state index contributed by atoms with van der Waals surface area (Å²) in [6.07, 6.45) is 2.10. The van der Waals surface area contributed by atoms with Crippen LogP contribution < -0.4 is 20.3 Å². The van der Waals surface area contributed by atoms with Gasteiger partial charge in [-0.15, -0.1) is 0 Å². The molecule has 3 atom stereocenters. The highest BCUT2D eigenvalue weighted by Gasteiger charge is 2.35. The first-order valence-corrected chi connectivity index (χ1v) is 11.4. The Labute approximate surface area is 198 Å². The van der Waals surface area contributed by atoms with Crippen molar-refractivity contribution in [1.82, 2.24) is 20.3 Å². The Bertz CT molecular complexity index is 1160. The monoisotopic (exact) mass is 494 g/mol. The number of thiazole rings is 1. The number of pyridine rings is 1. The van der Waals surface area contributed by atoms with E-state index < -0.39 is 12.6 Å². The average molecular weight is 495 g/mol. The Balaban J connectivity index is 1.52. The topological polar surface area (TPSA) is 126 Å². The zero-order valence-corrected chi connectivity index (χ0v) is 19.5. The second-order valence-corrected chi connectivity index (χ2v) is 8.93. The third-order valence-electron chi connectivity index (χ3n) is 5.26. The number of carbonyl (C=O) groups excluding carboxylic acids is 1. The van der Waals surface area contributed by atoms with Gasteiger partial charge >= 0.3 is 12.6 Å². The van der Waals surface area contributed by atoms with Crippen molar-refractivity contribution < 1.29 is 27.8 Å². The van der Waals surface area contributed by atoms with E-state index in [-0.39, 0.29) is 30.6 Å². The molecule has 0 radical (unpaired) electrons. The lowest BCUT2D eigenvalue weighted by Gasteiger charge is -2.36. The normalized spacial score (nSPS) is 18.5. The number of ether oxygens (including phenoxy) is 1. The maximum absolute atomic E-state index is 12.5. The summed E-state index contributed by atoms with van der Waals surface area (Å²) in [5.74, 6) is 0.109. The summed E-state index contributed by atoms with van der Waals surface area (Å²) in [5, 5.41) is 14.9. The second-order valence-electron chi connectivity index (χ2n) is 7.90. The standard InChI is InChI=1S/C21H24F2N6O4S/c1-10(9-30)25-19(31)28-20-27-14-7-11(2)29(12(3)17(14)34-20)21-24-8-15(32-21)13-5-4-6-16(26-13)33-18(22)23/h4-6,8,10-12,18,30H,7,9H2,1-3H3,(H2,25,27,28,31)/t10-,11+,12-/m0/s1. The molecule has 2 amide bonds. The van der Waals surface area contributed by atoms with Crippen molar-refractivity contribution in [3.8, 4) is 17.3 Å². The van der Waals surface area contributed by atoms with Crippen molar-refractivity contribution in [2.75, 3.05) is 16.8 Å². The van der Waals surface area contributed by atoms with Crippen LogP contribution >= 0.6 is 11.3 Å². The van der Waals surface area contributed by atoms with Gasteiger partial charge in [0.05, 0.1) is 35.5 Å². The summed E-state index contributed by atoms with van der Waals surface area (Å²) in [6, 6.07) is 3.91. The maximum atomic E-state index is 12.5. The van der Waals surface area contributed by atoms with Crippen LogP contribution in [0, 0.1) is 0 Å². The van der Waals surface area contributed by atoms with Gasteiger partial charge in [-0.25, -0.2) is 19.7 Å². The van der Waals surface area contributed by atoms with Crippen LogP contribution in [-0.4, -0.2) is 51.4 Å². The zero-order valence-electron chi connectivity index (χ0n) is 18.7. The van der Waals surface area contributed by atoms with Crippen molar-refractivity contribution in [1.29, 1.82) is 0 Å². The molecular formula is C21H24F2N6O4S. The second kappa shape index (κ2) is 9.89. The van der Waals surface area contributed by atoms with Gasteiger partial charge in [0.1, 0.15) is 5.69 Å². The number of hydrogen-bond donors (Lipinski definition) is 3. The van der Waals surface area contributed by atoms with Gasteiger partial charge in [-0.3, -0.25) is 5.32 Å². The summed E-state index contributed by atoms with van der Waals surface area (Å²) >= 11 is 1.36. The molecule has 0 unspecified atom stereocenters. The van der Waals surface area contributed by atoms with Crippen molar-refractivity contribution in [3.05, 3.63) is 35.0 Å². The van der Waals surface area contributed by atoms with Gasteiger partial charge in [0.15, 0.2) is 10.9 Å². The fourth-order valence-electron chi connectivity index (χ4n) is 3.74. The highest BCUT2D eigenvalue weighted by atomic mass is 32.1. The first-order valence-electron chi connectivity index (χ1n) is 10.6.